The molecule has 0 saturated heterocycles. The number of anilines is 1. The predicted molar refractivity (Wildman–Crippen MR) is 140 cm³/mol. The van der Waals surface area contributed by atoms with Crippen LogP contribution in [0.3, 0.4) is 0 Å². The fraction of sp³-hybridized carbons (Fsp3) is 0.143. The number of halogens is 3. The molecule has 3 N–H and O–H groups in total. The molecule has 0 aliphatic heterocycles. The van der Waals surface area contributed by atoms with E-state index in [1.54, 1.807) is 6.92 Å². The molecule has 0 radical (unpaired) electrons. The van der Waals surface area contributed by atoms with E-state index in [0.29, 0.717) is 5.69 Å². The highest BCUT2D eigenvalue weighted by molar-refractivity contribution is 5.96. The van der Waals surface area contributed by atoms with Crippen molar-refractivity contribution in [3.8, 4) is 11.1 Å². The third-order valence-electron chi connectivity index (χ3n) is 6.17. The molecule has 8 heteroatoms. The number of benzene rings is 3. The molecule has 0 spiro atoms. The molecule has 36 heavy (non-hydrogen) atoms. The lowest BCUT2D eigenvalue weighted by Gasteiger charge is -2.24. The molecule has 0 fully saturated rings. The molecule has 1 amide bonds. The van der Waals surface area contributed by atoms with Crippen LogP contribution in [0.2, 0.25) is 0 Å². The third kappa shape index (κ3) is 5.37. The zero-order chi connectivity index (χ0) is 25.1. The van der Waals surface area contributed by atoms with Crippen molar-refractivity contribution in [2.45, 2.75) is 18.9 Å². The van der Waals surface area contributed by atoms with E-state index >= 15 is 8.78 Å². The summed E-state index contributed by atoms with van der Waals surface area (Å²) in [5, 5.41) is 2.56. The number of nitrogens with zero attached hydrogens (tertiary/aromatic N) is 1. The van der Waals surface area contributed by atoms with Crippen molar-refractivity contribution in [1.29, 1.82) is 0 Å². The van der Waals surface area contributed by atoms with Crippen LogP contribution in [0.15, 0.2) is 89.7 Å². The molecule has 1 heterocycles. The van der Waals surface area contributed by atoms with Gasteiger partial charge in [-0.05, 0) is 36.2 Å². The standard InChI is InChI=1S/C28H25F2N3O2.ClH/c1-17-21(13-14-24(34)33(17)2)26-22(29)15-20(16-23(26)30)32-28(35)27(31)25(18-9-5-3-6-10-18)19-11-7-4-8-12-19;/h3-16,25,27H,31H2,1-2H3,(H,32,35);1H/t27-;/m0./s1. The zero-order valence-corrected chi connectivity index (χ0v) is 20.6. The van der Waals surface area contributed by atoms with E-state index in [1.807, 2.05) is 60.7 Å². The molecular weight excluding hydrogens is 484 g/mol. The Kier molecular flexibility index (Phi) is 8.40. The largest absolute Gasteiger partial charge is 0.324 e. The number of hydrogen-bond acceptors (Lipinski definition) is 3. The molecule has 5 nitrogen and oxygen atoms in total. The lowest BCUT2D eigenvalue weighted by molar-refractivity contribution is -0.117. The number of carbonyl (C=O) groups excluding carboxylic acids is 1. The maximum Gasteiger partial charge on any atom is 0.250 e. The number of pyridine rings is 1. The van der Waals surface area contributed by atoms with Crippen LogP contribution in [0, 0.1) is 18.6 Å². The molecule has 0 saturated carbocycles. The molecule has 0 aliphatic rings. The number of nitrogens with one attached hydrogen (secondary N) is 1. The molecule has 1 atom stereocenters. The number of nitrogens with two attached hydrogens (primary N) is 1. The van der Waals surface area contributed by atoms with Gasteiger partial charge in [0, 0.05) is 36.0 Å². The Morgan fingerprint density at radius 1 is 0.889 bits per heavy atom. The van der Waals surface area contributed by atoms with Crippen LogP contribution in [-0.2, 0) is 11.8 Å². The second-order valence-electron chi connectivity index (χ2n) is 8.36. The fourth-order valence-corrected chi connectivity index (χ4v) is 4.20. The first-order valence-electron chi connectivity index (χ1n) is 11.1. The molecule has 4 rings (SSSR count). The summed E-state index contributed by atoms with van der Waals surface area (Å²) >= 11 is 0. The quantitative estimate of drug-likeness (QED) is 0.377. The van der Waals surface area contributed by atoms with Gasteiger partial charge in [0.1, 0.15) is 11.6 Å². The van der Waals surface area contributed by atoms with Crippen LogP contribution < -0.4 is 16.6 Å². The highest BCUT2D eigenvalue weighted by Gasteiger charge is 2.28. The first kappa shape index (κ1) is 26.8. The zero-order valence-electron chi connectivity index (χ0n) is 19.7. The van der Waals surface area contributed by atoms with Gasteiger partial charge in [0.2, 0.25) is 11.5 Å². The van der Waals surface area contributed by atoms with Crippen LogP contribution in [0.1, 0.15) is 22.7 Å². The molecule has 0 aliphatic carbocycles. The Bertz CT molecular complexity index is 1360. The van der Waals surface area contributed by atoms with Crippen LogP contribution in [-0.4, -0.2) is 16.5 Å². The maximum absolute atomic E-state index is 15.0. The smallest absolute Gasteiger partial charge is 0.250 e. The molecule has 0 unspecified atom stereocenters. The minimum absolute atomic E-state index is 0. The third-order valence-corrected chi connectivity index (χ3v) is 6.17. The van der Waals surface area contributed by atoms with E-state index in [2.05, 4.69) is 5.32 Å². The van der Waals surface area contributed by atoms with E-state index in [0.717, 1.165) is 23.3 Å². The summed E-state index contributed by atoms with van der Waals surface area (Å²) in [6.45, 7) is 1.61. The van der Waals surface area contributed by atoms with Gasteiger partial charge in [-0.3, -0.25) is 9.59 Å². The van der Waals surface area contributed by atoms with Gasteiger partial charge in [0.05, 0.1) is 11.6 Å². The van der Waals surface area contributed by atoms with Crippen LogP contribution in [0.25, 0.3) is 11.1 Å². The highest BCUT2D eigenvalue weighted by Crippen LogP contribution is 2.31. The summed E-state index contributed by atoms with van der Waals surface area (Å²) in [6.07, 6.45) is 0. The summed E-state index contributed by atoms with van der Waals surface area (Å²) in [7, 11) is 1.53. The molecule has 1 aromatic heterocycles. The second-order valence-corrected chi connectivity index (χ2v) is 8.36. The van der Waals surface area contributed by atoms with E-state index in [9.17, 15) is 9.59 Å². The maximum atomic E-state index is 15.0. The number of carbonyl (C=O) groups is 1. The minimum atomic E-state index is -1.02. The Balaban J connectivity index is 0.00000361. The lowest BCUT2D eigenvalue weighted by Crippen LogP contribution is -2.41. The topological polar surface area (TPSA) is 77.1 Å². The van der Waals surface area contributed by atoms with Crippen LogP contribution in [0.5, 0.6) is 0 Å². The van der Waals surface area contributed by atoms with Gasteiger partial charge in [-0.15, -0.1) is 12.4 Å². The summed E-state index contributed by atoms with van der Waals surface area (Å²) in [4.78, 5) is 24.9. The summed E-state index contributed by atoms with van der Waals surface area (Å²) in [6, 6.07) is 22.4. The van der Waals surface area contributed by atoms with Crippen molar-refractivity contribution < 1.29 is 13.6 Å². The van der Waals surface area contributed by atoms with Gasteiger partial charge in [-0.1, -0.05) is 60.7 Å². The summed E-state index contributed by atoms with van der Waals surface area (Å²) in [5.74, 6) is -2.76. The van der Waals surface area contributed by atoms with Gasteiger partial charge in [0.15, 0.2) is 0 Å². The van der Waals surface area contributed by atoms with Crippen molar-refractivity contribution in [3.63, 3.8) is 0 Å². The average molecular weight is 510 g/mol. The van der Waals surface area contributed by atoms with Gasteiger partial charge in [-0.25, -0.2) is 8.78 Å². The van der Waals surface area contributed by atoms with Crippen molar-refractivity contribution in [2.75, 3.05) is 5.32 Å². The van der Waals surface area contributed by atoms with E-state index in [1.165, 1.54) is 23.7 Å². The predicted octanol–water partition coefficient (Wildman–Crippen LogP) is 5.16. The van der Waals surface area contributed by atoms with Crippen LogP contribution >= 0.6 is 12.4 Å². The lowest BCUT2D eigenvalue weighted by atomic mass is 9.85. The summed E-state index contributed by atoms with van der Waals surface area (Å²) < 4.78 is 31.4. The fourth-order valence-electron chi connectivity index (χ4n) is 4.20. The van der Waals surface area contributed by atoms with Crippen LogP contribution in [0.4, 0.5) is 14.5 Å². The van der Waals surface area contributed by atoms with Gasteiger partial charge < -0.3 is 15.6 Å². The first-order valence-corrected chi connectivity index (χ1v) is 11.1. The second kappa shape index (κ2) is 11.3. The van der Waals surface area contributed by atoms with Crippen molar-refractivity contribution in [2.24, 2.45) is 12.8 Å². The summed E-state index contributed by atoms with van der Waals surface area (Å²) in [5.41, 5.74) is 8.15. The Morgan fingerprint density at radius 3 is 1.89 bits per heavy atom. The molecular formula is C28H26ClF2N3O2. The number of amides is 1. The first-order chi connectivity index (χ1) is 16.8. The molecule has 186 valence electrons. The van der Waals surface area contributed by atoms with Crippen molar-refractivity contribution >= 4 is 24.0 Å². The number of hydrogen-bond donors (Lipinski definition) is 2. The van der Waals surface area contributed by atoms with E-state index in [4.69, 9.17) is 5.73 Å². The van der Waals surface area contributed by atoms with Crippen molar-refractivity contribution in [1.82, 2.24) is 4.57 Å². The minimum Gasteiger partial charge on any atom is -0.324 e. The number of rotatable bonds is 6. The van der Waals surface area contributed by atoms with E-state index in [-0.39, 0.29) is 34.8 Å². The average Bonchev–Trinajstić information content (AvgIpc) is 2.85. The monoisotopic (exact) mass is 509 g/mol. The Hall–Kier alpha value is -3.81. The molecule has 4 aromatic rings. The Morgan fingerprint density at radius 2 is 1.39 bits per heavy atom. The molecule has 0 bridgehead atoms. The highest BCUT2D eigenvalue weighted by atomic mass is 35.5. The van der Waals surface area contributed by atoms with Gasteiger partial charge in [0.25, 0.3) is 0 Å². The van der Waals surface area contributed by atoms with Crippen molar-refractivity contribution in [3.05, 3.63) is 124 Å². The normalized spacial score (nSPS) is 11.6. The SMILES string of the molecule is Cc1c(-c2c(F)cc(NC(=O)[C@@H](N)C(c3ccccc3)c3ccccc3)cc2F)ccc(=O)n1C.Cl. The number of aromatic nitrogens is 1. The molecule has 3 aromatic carbocycles. The van der Waals surface area contributed by atoms with Gasteiger partial charge in [-0.2, -0.15) is 0 Å². The van der Waals surface area contributed by atoms with Gasteiger partial charge >= 0.3 is 0 Å². The Labute approximate surface area is 214 Å². The van der Waals surface area contributed by atoms with E-state index < -0.39 is 29.5 Å².